The number of rotatable bonds is 4. The van der Waals surface area contributed by atoms with Gasteiger partial charge in [0.1, 0.15) is 0 Å². The minimum absolute atomic E-state index is 0. The Morgan fingerprint density at radius 1 is 1.41 bits per heavy atom. The highest BCUT2D eigenvalue weighted by molar-refractivity contribution is 6.28. The average Bonchev–Trinajstić information content (AvgIpc) is 2.94. The van der Waals surface area contributed by atoms with E-state index in [-0.39, 0.29) is 36.2 Å². The van der Waals surface area contributed by atoms with Gasteiger partial charge >= 0.3 is 0 Å². The molecule has 3 N–H and O–H groups in total. The van der Waals surface area contributed by atoms with Crippen LogP contribution in [0.3, 0.4) is 0 Å². The Hall–Kier alpha value is -0.840. The molecule has 0 saturated heterocycles. The van der Waals surface area contributed by atoms with E-state index in [1.54, 1.807) is 6.92 Å². The maximum absolute atomic E-state index is 13.6. The molecule has 0 aromatic heterocycles. The number of hydrogen-bond donors (Lipinski definition) is 2. The van der Waals surface area contributed by atoms with Gasteiger partial charge in [0.15, 0.2) is 5.13 Å². The average molecular weight is 347 g/mol. The number of halogens is 3. The fourth-order valence-electron chi connectivity index (χ4n) is 3.29. The highest BCUT2D eigenvalue weighted by Crippen LogP contribution is 2.62. The van der Waals surface area contributed by atoms with Crippen molar-refractivity contribution in [2.24, 2.45) is 11.1 Å². The monoisotopic (exact) mass is 346 g/mol. The van der Waals surface area contributed by atoms with E-state index in [9.17, 15) is 9.18 Å². The standard InChI is InChI=1S/C16H20ClFN2O.ClH/c1-14(9-16(14,17)18)13(21)20-12-7-15(8-12,10-19)11-5-3-2-4-6-11;/h2-6,12H,7-10,19H2,1H3,(H,20,21);1H. The number of carbonyl (C=O) groups is 1. The zero-order valence-corrected chi connectivity index (χ0v) is 14.0. The van der Waals surface area contributed by atoms with Crippen LogP contribution in [0.5, 0.6) is 0 Å². The minimum atomic E-state index is -1.88. The van der Waals surface area contributed by atoms with Crippen LogP contribution in [-0.2, 0) is 10.2 Å². The summed E-state index contributed by atoms with van der Waals surface area (Å²) in [5, 5.41) is 1.03. The third kappa shape index (κ3) is 2.61. The summed E-state index contributed by atoms with van der Waals surface area (Å²) < 4.78 is 13.6. The fraction of sp³-hybridized carbons (Fsp3) is 0.562. The van der Waals surface area contributed by atoms with Gasteiger partial charge in [0.25, 0.3) is 0 Å². The van der Waals surface area contributed by atoms with Crippen LogP contribution in [0.1, 0.15) is 31.7 Å². The molecule has 0 bridgehead atoms. The molecule has 2 saturated carbocycles. The number of carbonyl (C=O) groups excluding carboxylic acids is 1. The Morgan fingerprint density at radius 3 is 2.41 bits per heavy atom. The lowest BCUT2D eigenvalue weighted by molar-refractivity contribution is -0.128. The second-order valence-electron chi connectivity index (χ2n) is 6.64. The number of nitrogens with two attached hydrogens (primary N) is 1. The van der Waals surface area contributed by atoms with Crippen molar-refractivity contribution in [3.05, 3.63) is 35.9 Å². The summed E-state index contributed by atoms with van der Waals surface area (Å²) in [5.41, 5.74) is 5.99. The molecule has 2 aliphatic rings. The first-order valence-corrected chi connectivity index (χ1v) is 7.65. The molecule has 6 heteroatoms. The number of benzene rings is 1. The maximum atomic E-state index is 13.6. The largest absolute Gasteiger partial charge is 0.353 e. The molecular formula is C16H21Cl2FN2O. The summed E-state index contributed by atoms with van der Waals surface area (Å²) in [6.45, 7) is 2.12. The van der Waals surface area contributed by atoms with Crippen LogP contribution in [0.4, 0.5) is 4.39 Å². The first-order chi connectivity index (χ1) is 9.83. The van der Waals surface area contributed by atoms with Gasteiger partial charge in [-0.25, -0.2) is 4.39 Å². The Bertz CT molecular complexity index is 561. The molecule has 3 rings (SSSR count). The molecule has 0 radical (unpaired) electrons. The lowest BCUT2D eigenvalue weighted by Crippen LogP contribution is -2.57. The van der Waals surface area contributed by atoms with E-state index in [1.165, 1.54) is 5.56 Å². The second-order valence-corrected chi connectivity index (χ2v) is 7.24. The number of alkyl halides is 2. The van der Waals surface area contributed by atoms with E-state index in [1.807, 2.05) is 18.2 Å². The number of amides is 1. The van der Waals surface area contributed by atoms with E-state index < -0.39 is 10.5 Å². The van der Waals surface area contributed by atoms with E-state index in [4.69, 9.17) is 17.3 Å². The van der Waals surface area contributed by atoms with Crippen molar-refractivity contribution in [3.8, 4) is 0 Å². The van der Waals surface area contributed by atoms with Gasteiger partial charge in [-0.15, -0.1) is 12.4 Å². The molecule has 0 heterocycles. The fourth-order valence-corrected chi connectivity index (χ4v) is 3.64. The predicted octanol–water partition coefficient (Wildman–Crippen LogP) is 2.90. The highest BCUT2D eigenvalue weighted by Gasteiger charge is 2.70. The van der Waals surface area contributed by atoms with Crippen LogP contribution in [0, 0.1) is 5.41 Å². The Labute approximate surface area is 141 Å². The van der Waals surface area contributed by atoms with E-state index >= 15 is 0 Å². The van der Waals surface area contributed by atoms with Crippen molar-refractivity contribution in [1.82, 2.24) is 5.32 Å². The van der Waals surface area contributed by atoms with Crippen LogP contribution in [0.25, 0.3) is 0 Å². The third-order valence-electron chi connectivity index (χ3n) is 5.15. The van der Waals surface area contributed by atoms with Crippen molar-refractivity contribution in [3.63, 3.8) is 0 Å². The molecule has 2 unspecified atom stereocenters. The van der Waals surface area contributed by atoms with Crippen molar-refractivity contribution in [2.45, 2.75) is 42.8 Å². The van der Waals surface area contributed by atoms with Gasteiger partial charge in [-0.3, -0.25) is 4.79 Å². The van der Waals surface area contributed by atoms with Crippen molar-refractivity contribution >= 4 is 29.9 Å². The van der Waals surface area contributed by atoms with E-state index in [0.29, 0.717) is 6.54 Å². The molecule has 2 atom stereocenters. The van der Waals surface area contributed by atoms with Gasteiger partial charge in [0.05, 0.1) is 5.41 Å². The molecule has 0 aliphatic heterocycles. The highest BCUT2D eigenvalue weighted by atomic mass is 35.5. The summed E-state index contributed by atoms with van der Waals surface area (Å²) in [5.74, 6) is -0.288. The first kappa shape index (κ1) is 17.5. The molecule has 2 aliphatic carbocycles. The number of hydrogen-bond acceptors (Lipinski definition) is 2. The van der Waals surface area contributed by atoms with Crippen LogP contribution >= 0.6 is 24.0 Å². The third-order valence-corrected chi connectivity index (χ3v) is 5.70. The topological polar surface area (TPSA) is 55.1 Å². The molecule has 0 spiro atoms. The normalized spacial score (nSPS) is 39.4. The molecule has 3 nitrogen and oxygen atoms in total. The van der Waals surface area contributed by atoms with Gasteiger partial charge in [-0.2, -0.15) is 0 Å². The summed E-state index contributed by atoms with van der Waals surface area (Å²) in [7, 11) is 0. The van der Waals surface area contributed by atoms with E-state index in [0.717, 1.165) is 12.8 Å². The molecule has 22 heavy (non-hydrogen) atoms. The quantitative estimate of drug-likeness (QED) is 0.823. The second kappa shape index (κ2) is 5.66. The molecule has 1 aromatic carbocycles. The summed E-state index contributed by atoms with van der Waals surface area (Å²) in [6.07, 6.45) is 1.66. The zero-order chi connectivity index (χ0) is 15.3. The van der Waals surface area contributed by atoms with E-state index in [2.05, 4.69) is 17.4 Å². The lowest BCUT2D eigenvalue weighted by atomic mass is 9.61. The van der Waals surface area contributed by atoms with Gasteiger partial charge in [0, 0.05) is 24.4 Å². The zero-order valence-electron chi connectivity index (χ0n) is 12.4. The Kier molecular flexibility index (Phi) is 4.51. The van der Waals surface area contributed by atoms with Crippen LogP contribution in [0.15, 0.2) is 30.3 Å². The van der Waals surface area contributed by atoms with Crippen LogP contribution < -0.4 is 11.1 Å². The smallest absolute Gasteiger partial charge is 0.230 e. The van der Waals surface area contributed by atoms with Gasteiger partial charge in [-0.05, 0) is 25.3 Å². The summed E-state index contributed by atoms with van der Waals surface area (Å²) in [6, 6.07) is 10.1. The molecule has 1 amide bonds. The molecule has 1 aromatic rings. The first-order valence-electron chi connectivity index (χ1n) is 7.27. The van der Waals surface area contributed by atoms with Gasteiger partial charge in [0.2, 0.25) is 5.91 Å². The van der Waals surface area contributed by atoms with Gasteiger partial charge < -0.3 is 11.1 Å². The predicted molar refractivity (Wildman–Crippen MR) is 88.0 cm³/mol. The van der Waals surface area contributed by atoms with Crippen molar-refractivity contribution in [2.75, 3.05) is 6.54 Å². The Balaban J connectivity index is 0.00000176. The van der Waals surface area contributed by atoms with Gasteiger partial charge in [-0.1, -0.05) is 41.9 Å². The Morgan fingerprint density at radius 2 is 1.95 bits per heavy atom. The lowest BCUT2D eigenvalue weighted by Gasteiger charge is -2.48. The summed E-state index contributed by atoms with van der Waals surface area (Å²) >= 11 is 5.62. The van der Waals surface area contributed by atoms with Crippen molar-refractivity contribution < 1.29 is 9.18 Å². The molecular weight excluding hydrogens is 326 g/mol. The summed E-state index contributed by atoms with van der Waals surface area (Å²) in [4.78, 5) is 12.1. The maximum Gasteiger partial charge on any atom is 0.230 e. The number of nitrogens with one attached hydrogen (secondary N) is 1. The molecule has 122 valence electrons. The SMILES string of the molecule is CC1(C(=O)NC2CC(CN)(c3ccccc3)C2)CC1(F)Cl.Cl. The van der Waals surface area contributed by atoms with Crippen molar-refractivity contribution in [1.29, 1.82) is 0 Å². The van der Waals surface area contributed by atoms with Crippen LogP contribution in [0.2, 0.25) is 0 Å². The molecule has 2 fully saturated rings. The minimum Gasteiger partial charge on any atom is -0.353 e. The van der Waals surface area contributed by atoms with Crippen LogP contribution in [-0.4, -0.2) is 23.6 Å².